The van der Waals surface area contributed by atoms with Gasteiger partial charge >= 0.3 is 6.09 Å². The lowest BCUT2D eigenvalue weighted by Crippen LogP contribution is -2.43. The average Bonchev–Trinajstić information content (AvgIpc) is 2.66. The Morgan fingerprint density at radius 1 is 1.29 bits per heavy atom. The fraction of sp³-hybridized carbons (Fsp3) is 0.421. The van der Waals surface area contributed by atoms with E-state index in [0.717, 1.165) is 44.5 Å². The first kappa shape index (κ1) is 18.5. The first-order valence-corrected chi connectivity index (χ1v) is 9.12. The third kappa shape index (κ3) is 3.49. The number of ether oxygens (including phenoxy) is 1. The van der Waals surface area contributed by atoms with Crippen LogP contribution in [-0.2, 0) is 4.74 Å². The van der Waals surface area contributed by atoms with Gasteiger partial charge in [0.25, 0.3) is 5.92 Å². The lowest BCUT2D eigenvalue weighted by molar-refractivity contribution is -0.0984. The predicted molar refractivity (Wildman–Crippen MR) is 101 cm³/mol. The number of halogens is 2. The first-order valence-electron chi connectivity index (χ1n) is 9.12. The lowest BCUT2D eigenvalue weighted by atomic mass is 9.95. The summed E-state index contributed by atoms with van der Waals surface area (Å²) in [7, 11) is 0. The summed E-state index contributed by atoms with van der Waals surface area (Å²) < 4.78 is 33.4. The summed E-state index contributed by atoms with van der Waals surface area (Å²) in [5, 5.41) is 5.71. The molecular formula is C19H21F2N5O2. The van der Waals surface area contributed by atoms with E-state index in [-0.39, 0.29) is 11.4 Å². The van der Waals surface area contributed by atoms with E-state index in [9.17, 15) is 13.6 Å². The second kappa shape index (κ2) is 6.97. The maximum absolute atomic E-state index is 14.2. The smallest absolute Gasteiger partial charge is 0.413 e. The van der Waals surface area contributed by atoms with Gasteiger partial charge < -0.3 is 15.0 Å². The molecule has 0 unspecified atom stereocenters. The number of nitrogens with one attached hydrogen (secondary N) is 2. The van der Waals surface area contributed by atoms with Crippen molar-refractivity contribution in [2.45, 2.75) is 25.9 Å². The molecule has 1 saturated heterocycles. The zero-order valence-corrected chi connectivity index (χ0v) is 15.6. The van der Waals surface area contributed by atoms with E-state index in [1.54, 1.807) is 6.07 Å². The standard InChI is InChI=1S/C19H21F2N5O2/c1-11-9-13(24-14(10-11)26-7-5-22-6-8-26)12-3-4-23-17-15(12)16(19(2,20)21)28-18(27)25-17/h3-4,9-10,16,22H,5-8H2,1-2H3,(H,23,25,27)/t16-/m1/s1. The van der Waals surface area contributed by atoms with E-state index in [2.05, 4.69) is 20.5 Å². The molecule has 9 heteroatoms. The number of nitrogens with zero attached hydrogens (tertiary/aromatic N) is 3. The van der Waals surface area contributed by atoms with Crippen LogP contribution in [0.1, 0.15) is 24.2 Å². The normalized spacial score (nSPS) is 19.6. The van der Waals surface area contributed by atoms with Crippen molar-refractivity contribution in [3.05, 3.63) is 35.5 Å². The topological polar surface area (TPSA) is 79.4 Å². The molecule has 4 rings (SSSR count). The Kier molecular flexibility index (Phi) is 4.62. The second-order valence-corrected chi connectivity index (χ2v) is 7.11. The summed E-state index contributed by atoms with van der Waals surface area (Å²) >= 11 is 0. The molecule has 148 valence electrons. The summed E-state index contributed by atoms with van der Waals surface area (Å²) in [6, 6.07) is 5.44. The Morgan fingerprint density at radius 3 is 2.75 bits per heavy atom. The van der Waals surface area contributed by atoms with Crippen LogP contribution in [0.2, 0.25) is 0 Å². The van der Waals surface area contributed by atoms with Gasteiger partial charge in [0.05, 0.1) is 11.3 Å². The molecule has 0 aliphatic carbocycles. The number of hydrogen-bond acceptors (Lipinski definition) is 6. The summed E-state index contributed by atoms with van der Waals surface area (Å²) in [6.07, 6.45) is -1.20. The van der Waals surface area contributed by atoms with E-state index < -0.39 is 18.1 Å². The number of aryl methyl sites for hydroxylation is 1. The van der Waals surface area contributed by atoms with Crippen LogP contribution in [0.3, 0.4) is 0 Å². The van der Waals surface area contributed by atoms with Gasteiger partial charge in [-0.1, -0.05) is 0 Å². The van der Waals surface area contributed by atoms with E-state index in [1.165, 1.54) is 6.20 Å². The molecule has 0 radical (unpaired) electrons. The molecule has 2 aliphatic heterocycles. The molecule has 0 spiro atoms. The van der Waals surface area contributed by atoms with Gasteiger partial charge in [0.2, 0.25) is 0 Å². The Hall–Kier alpha value is -2.81. The minimum Gasteiger partial charge on any atom is -0.434 e. The minimum absolute atomic E-state index is 0.0762. The molecule has 28 heavy (non-hydrogen) atoms. The van der Waals surface area contributed by atoms with Crippen LogP contribution in [0.5, 0.6) is 0 Å². The minimum atomic E-state index is -3.27. The Bertz CT molecular complexity index is 910. The van der Waals surface area contributed by atoms with Gasteiger partial charge in [0.15, 0.2) is 6.10 Å². The van der Waals surface area contributed by atoms with Crippen LogP contribution in [0.25, 0.3) is 11.3 Å². The van der Waals surface area contributed by atoms with Crippen molar-refractivity contribution < 1.29 is 18.3 Å². The number of rotatable bonds is 3. The molecule has 1 amide bonds. The van der Waals surface area contributed by atoms with Gasteiger partial charge in [-0.2, -0.15) is 0 Å². The molecule has 2 aromatic heterocycles. The molecule has 2 aromatic rings. The number of hydrogen-bond donors (Lipinski definition) is 2. The van der Waals surface area contributed by atoms with Crippen molar-refractivity contribution >= 4 is 17.7 Å². The van der Waals surface area contributed by atoms with Gasteiger partial charge in [0, 0.05) is 44.9 Å². The van der Waals surface area contributed by atoms with Crippen LogP contribution in [0, 0.1) is 6.92 Å². The number of anilines is 2. The lowest BCUT2D eigenvalue weighted by Gasteiger charge is -2.31. The number of cyclic esters (lactones) is 1. The molecule has 2 aliphatic rings. The number of pyridine rings is 2. The number of alkyl halides is 2. The van der Waals surface area contributed by atoms with Gasteiger partial charge in [0.1, 0.15) is 11.6 Å². The fourth-order valence-electron chi connectivity index (χ4n) is 3.55. The van der Waals surface area contributed by atoms with Crippen molar-refractivity contribution in [2.75, 3.05) is 36.4 Å². The molecule has 0 bridgehead atoms. The summed E-state index contributed by atoms with van der Waals surface area (Å²) in [4.78, 5) is 22.7. The van der Waals surface area contributed by atoms with Crippen LogP contribution >= 0.6 is 0 Å². The average molecular weight is 389 g/mol. The van der Waals surface area contributed by atoms with Gasteiger partial charge in [-0.15, -0.1) is 0 Å². The van der Waals surface area contributed by atoms with E-state index in [1.807, 2.05) is 19.1 Å². The Morgan fingerprint density at radius 2 is 2.04 bits per heavy atom. The molecule has 1 fully saturated rings. The zero-order chi connectivity index (χ0) is 19.9. The Balaban J connectivity index is 1.83. The second-order valence-electron chi connectivity index (χ2n) is 7.11. The highest BCUT2D eigenvalue weighted by Gasteiger charge is 2.45. The number of aromatic nitrogens is 2. The summed E-state index contributed by atoms with van der Waals surface area (Å²) in [5.74, 6) is -2.40. The maximum atomic E-state index is 14.2. The van der Waals surface area contributed by atoms with Crippen molar-refractivity contribution in [3.63, 3.8) is 0 Å². The third-order valence-corrected chi connectivity index (χ3v) is 4.83. The highest BCUT2D eigenvalue weighted by Crippen LogP contribution is 2.44. The molecular weight excluding hydrogens is 368 g/mol. The molecule has 7 nitrogen and oxygen atoms in total. The molecule has 0 aromatic carbocycles. The highest BCUT2D eigenvalue weighted by molar-refractivity contribution is 5.89. The number of carbonyl (C=O) groups excluding carboxylic acids is 1. The third-order valence-electron chi connectivity index (χ3n) is 4.83. The number of piperazine rings is 1. The zero-order valence-electron chi connectivity index (χ0n) is 15.6. The first-order chi connectivity index (χ1) is 13.3. The predicted octanol–water partition coefficient (Wildman–Crippen LogP) is 3.12. The SMILES string of the molecule is Cc1cc(-c2ccnc3c2[C@H](C(C)(F)F)OC(=O)N3)nc(N2CCNCC2)c1. The van der Waals surface area contributed by atoms with Crippen LogP contribution in [-0.4, -0.2) is 48.2 Å². The summed E-state index contributed by atoms with van der Waals surface area (Å²) in [6.45, 7) is 6.03. The molecule has 2 N–H and O–H groups in total. The van der Waals surface area contributed by atoms with E-state index in [0.29, 0.717) is 11.3 Å². The molecule has 0 saturated carbocycles. The van der Waals surface area contributed by atoms with Gasteiger partial charge in [-0.3, -0.25) is 5.32 Å². The molecule has 4 heterocycles. The van der Waals surface area contributed by atoms with Crippen LogP contribution in [0.15, 0.2) is 24.4 Å². The fourth-order valence-corrected chi connectivity index (χ4v) is 3.55. The van der Waals surface area contributed by atoms with Crippen LogP contribution in [0.4, 0.5) is 25.2 Å². The molecule has 1 atom stereocenters. The van der Waals surface area contributed by atoms with Crippen molar-refractivity contribution in [1.29, 1.82) is 0 Å². The van der Waals surface area contributed by atoms with Crippen molar-refractivity contribution in [3.8, 4) is 11.3 Å². The van der Waals surface area contributed by atoms with Crippen LogP contribution < -0.4 is 15.5 Å². The van der Waals surface area contributed by atoms with Gasteiger partial charge in [-0.05, 0) is 30.7 Å². The number of carbonyl (C=O) groups is 1. The monoisotopic (exact) mass is 389 g/mol. The van der Waals surface area contributed by atoms with Crippen molar-refractivity contribution in [1.82, 2.24) is 15.3 Å². The Labute approximate surface area is 161 Å². The highest BCUT2D eigenvalue weighted by atomic mass is 19.3. The quantitative estimate of drug-likeness (QED) is 0.840. The maximum Gasteiger partial charge on any atom is 0.413 e. The number of amides is 1. The largest absolute Gasteiger partial charge is 0.434 e. The number of fused-ring (bicyclic) bond motifs is 1. The van der Waals surface area contributed by atoms with Crippen molar-refractivity contribution in [2.24, 2.45) is 0 Å². The van der Waals surface area contributed by atoms with E-state index >= 15 is 0 Å². The van der Waals surface area contributed by atoms with Gasteiger partial charge in [-0.25, -0.2) is 23.5 Å². The summed E-state index contributed by atoms with van der Waals surface area (Å²) in [5.41, 5.74) is 2.11. The van der Waals surface area contributed by atoms with E-state index in [4.69, 9.17) is 9.72 Å².